The van der Waals surface area contributed by atoms with Gasteiger partial charge in [0, 0.05) is 0 Å². The first-order chi connectivity index (χ1) is 14.2. The van der Waals surface area contributed by atoms with Crippen molar-refractivity contribution in [1.29, 1.82) is 0 Å². The van der Waals surface area contributed by atoms with Crippen molar-refractivity contribution in [3.8, 4) is 0 Å². The van der Waals surface area contributed by atoms with Gasteiger partial charge in [-0.3, -0.25) is 0 Å². The van der Waals surface area contributed by atoms with Crippen LogP contribution >= 0.6 is 0 Å². The molecule has 1 aromatic carbocycles. The van der Waals surface area contributed by atoms with Crippen LogP contribution in [-0.4, -0.2) is 25.4 Å². The molecule has 0 heterocycles. The molecule has 0 amide bonds. The molecule has 3 nitrogen and oxygen atoms in total. The number of aliphatic hydroxyl groups is 1. The number of rotatable bonds is 12. The quantitative estimate of drug-likeness (QED) is 0.381. The second-order valence-electron chi connectivity index (χ2n) is 8.26. The summed E-state index contributed by atoms with van der Waals surface area (Å²) in [5.74, 6) is 0. The summed E-state index contributed by atoms with van der Waals surface area (Å²) in [4.78, 5) is 0.379. The molecule has 30 heavy (non-hydrogen) atoms. The van der Waals surface area contributed by atoms with Gasteiger partial charge in [0.05, 0.1) is 16.8 Å². The molecule has 0 aromatic heterocycles. The van der Waals surface area contributed by atoms with Gasteiger partial charge in [0.25, 0.3) is 0 Å². The van der Waals surface area contributed by atoms with Crippen molar-refractivity contribution in [2.45, 2.75) is 76.9 Å². The summed E-state index contributed by atoms with van der Waals surface area (Å²) in [5, 5.41) is 8.36. The Balaban J connectivity index is 2.74. The molecule has 166 valence electrons. The normalized spacial score (nSPS) is 14.5. The molecule has 1 unspecified atom stereocenters. The number of allylic oxidation sites excluding steroid dienone is 6. The highest BCUT2D eigenvalue weighted by atomic mass is 32.2. The molecule has 1 aromatic rings. The second kappa shape index (κ2) is 13.4. The summed E-state index contributed by atoms with van der Waals surface area (Å²) < 4.78 is 26.2. The third-order valence-corrected chi connectivity index (χ3v) is 7.04. The van der Waals surface area contributed by atoms with Crippen LogP contribution in [0, 0.1) is 0 Å². The fraction of sp³-hybridized carbons (Fsp3) is 0.462. The Kier molecular flexibility index (Phi) is 11.7. The first kappa shape index (κ1) is 26.1. The number of hydrogen-bond acceptors (Lipinski definition) is 3. The molecule has 0 spiro atoms. The van der Waals surface area contributed by atoms with Gasteiger partial charge in [-0.05, 0) is 78.9 Å². The van der Waals surface area contributed by atoms with Crippen molar-refractivity contribution in [3.05, 3.63) is 76.9 Å². The van der Waals surface area contributed by atoms with Crippen molar-refractivity contribution in [3.63, 3.8) is 0 Å². The average Bonchev–Trinajstić information content (AvgIpc) is 2.68. The van der Waals surface area contributed by atoms with Crippen LogP contribution in [-0.2, 0) is 9.84 Å². The van der Waals surface area contributed by atoms with Gasteiger partial charge in [0.1, 0.15) is 0 Å². The molecule has 1 atom stereocenters. The molecule has 4 heteroatoms. The number of aliphatic hydroxyl groups excluding tert-OH is 1. The Morgan fingerprint density at radius 1 is 0.867 bits per heavy atom. The van der Waals surface area contributed by atoms with Crippen LogP contribution in [0.5, 0.6) is 0 Å². The van der Waals surface area contributed by atoms with E-state index in [-0.39, 0.29) is 6.61 Å². The average molecular weight is 431 g/mol. The van der Waals surface area contributed by atoms with Crippen LogP contribution in [0.25, 0.3) is 0 Å². The molecule has 0 aliphatic carbocycles. The highest BCUT2D eigenvalue weighted by Crippen LogP contribution is 2.24. The topological polar surface area (TPSA) is 54.4 Å². The molecule has 0 bridgehead atoms. The second-order valence-corrected chi connectivity index (χ2v) is 10.4. The van der Waals surface area contributed by atoms with E-state index in [0.29, 0.717) is 11.3 Å². The maximum Gasteiger partial charge on any atom is 0.185 e. The van der Waals surface area contributed by atoms with Gasteiger partial charge in [-0.1, -0.05) is 64.8 Å². The van der Waals surface area contributed by atoms with Gasteiger partial charge >= 0.3 is 0 Å². The maximum absolute atomic E-state index is 13.1. The zero-order chi connectivity index (χ0) is 22.6. The summed E-state index contributed by atoms with van der Waals surface area (Å²) in [7, 11) is -3.41. The highest BCUT2D eigenvalue weighted by molar-refractivity contribution is 7.92. The zero-order valence-corrected chi connectivity index (χ0v) is 20.0. The van der Waals surface area contributed by atoms with E-state index >= 15 is 0 Å². The monoisotopic (exact) mass is 430 g/mol. The molecular formula is C26H38O3S. The Hall–Kier alpha value is -1.91. The van der Waals surface area contributed by atoms with Crippen molar-refractivity contribution in [1.82, 2.24) is 0 Å². The zero-order valence-electron chi connectivity index (χ0n) is 19.2. The van der Waals surface area contributed by atoms with E-state index in [4.69, 9.17) is 5.11 Å². The smallest absolute Gasteiger partial charge is 0.185 e. The largest absolute Gasteiger partial charge is 0.392 e. The first-order valence-corrected chi connectivity index (χ1v) is 12.2. The first-order valence-electron chi connectivity index (χ1n) is 10.7. The lowest BCUT2D eigenvalue weighted by atomic mass is 10.0. The standard InChI is InChI=1S/C26H38O3S/c1-21(2)19-26(30(28,29)25-15-7-6-8-16-25)20-24(5)14-10-12-22(3)11-9-13-23(4)17-18-27/h6-8,11,14-17,19,26-27H,9-10,12-13,18,20H2,1-5H3/b22-11+,23-17+,24-14+. The lowest BCUT2D eigenvalue weighted by Gasteiger charge is -2.16. The fourth-order valence-electron chi connectivity index (χ4n) is 3.27. The van der Waals surface area contributed by atoms with E-state index in [1.165, 1.54) is 11.1 Å². The highest BCUT2D eigenvalue weighted by Gasteiger charge is 2.25. The van der Waals surface area contributed by atoms with Crippen LogP contribution in [0.15, 0.2) is 81.8 Å². The van der Waals surface area contributed by atoms with Crippen LogP contribution in [0.1, 0.15) is 66.7 Å². The Labute approximate surface area is 183 Å². The van der Waals surface area contributed by atoms with Crippen LogP contribution in [0.4, 0.5) is 0 Å². The molecule has 0 aliphatic heterocycles. The number of hydrogen-bond donors (Lipinski definition) is 1. The van der Waals surface area contributed by atoms with Crippen molar-refractivity contribution in [2.24, 2.45) is 0 Å². The van der Waals surface area contributed by atoms with E-state index < -0.39 is 15.1 Å². The SMILES string of the molecule is CC(C)=CC(C/C(C)=C/CC/C(C)=C/CC/C(C)=C/CO)S(=O)(=O)c1ccccc1. The number of benzene rings is 1. The maximum atomic E-state index is 13.1. The minimum absolute atomic E-state index is 0.104. The van der Waals surface area contributed by atoms with E-state index in [9.17, 15) is 8.42 Å². The van der Waals surface area contributed by atoms with Crippen LogP contribution in [0.2, 0.25) is 0 Å². The van der Waals surface area contributed by atoms with E-state index in [1.54, 1.807) is 24.3 Å². The summed E-state index contributed by atoms with van der Waals surface area (Å²) in [5.41, 5.74) is 4.67. The minimum Gasteiger partial charge on any atom is -0.392 e. The lowest BCUT2D eigenvalue weighted by Crippen LogP contribution is -2.20. The predicted octanol–water partition coefficient (Wildman–Crippen LogP) is 6.58. The Morgan fingerprint density at radius 3 is 1.93 bits per heavy atom. The van der Waals surface area contributed by atoms with Gasteiger partial charge < -0.3 is 5.11 Å². The summed E-state index contributed by atoms with van der Waals surface area (Å²) in [6, 6.07) is 8.72. The lowest BCUT2D eigenvalue weighted by molar-refractivity contribution is 0.341. The minimum atomic E-state index is -3.41. The fourth-order valence-corrected chi connectivity index (χ4v) is 5.09. The summed E-state index contributed by atoms with van der Waals surface area (Å²) in [6.45, 7) is 10.2. The molecule has 1 rings (SSSR count). The molecule has 0 fully saturated rings. The van der Waals surface area contributed by atoms with E-state index in [2.05, 4.69) is 19.1 Å². The molecule has 0 saturated carbocycles. The van der Waals surface area contributed by atoms with Crippen LogP contribution < -0.4 is 0 Å². The van der Waals surface area contributed by atoms with Gasteiger partial charge in [0.15, 0.2) is 9.84 Å². The molecule has 0 aliphatic rings. The summed E-state index contributed by atoms with van der Waals surface area (Å²) in [6.07, 6.45) is 12.5. The Morgan fingerprint density at radius 2 is 1.40 bits per heavy atom. The number of sulfone groups is 1. The van der Waals surface area contributed by atoms with E-state index in [1.807, 2.05) is 45.9 Å². The van der Waals surface area contributed by atoms with E-state index in [0.717, 1.165) is 36.8 Å². The Bertz CT molecular complexity index is 868. The van der Waals surface area contributed by atoms with Gasteiger partial charge in [-0.25, -0.2) is 8.42 Å². The van der Waals surface area contributed by atoms with Gasteiger partial charge in [0.2, 0.25) is 0 Å². The molecule has 0 saturated heterocycles. The predicted molar refractivity (Wildman–Crippen MR) is 128 cm³/mol. The van der Waals surface area contributed by atoms with Gasteiger partial charge in [-0.2, -0.15) is 0 Å². The third kappa shape index (κ3) is 9.73. The molecule has 0 radical (unpaired) electrons. The van der Waals surface area contributed by atoms with Crippen molar-refractivity contribution < 1.29 is 13.5 Å². The summed E-state index contributed by atoms with van der Waals surface area (Å²) >= 11 is 0. The van der Waals surface area contributed by atoms with Crippen LogP contribution in [0.3, 0.4) is 0 Å². The van der Waals surface area contributed by atoms with Crippen molar-refractivity contribution in [2.75, 3.05) is 6.61 Å². The molecular weight excluding hydrogens is 392 g/mol. The third-order valence-electron chi connectivity index (χ3n) is 5.02. The molecule has 1 N–H and O–H groups in total. The van der Waals surface area contributed by atoms with Crippen molar-refractivity contribution >= 4 is 9.84 Å². The van der Waals surface area contributed by atoms with Gasteiger partial charge in [-0.15, -0.1) is 0 Å².